The number of benzene rings is 1. The number of carbonyl (C=O) groups is 1. The maximum absolute atomic E-state index is 12.4. The van der Waals surface area contributed by atoms with Crippen LogP contribution in [0.15, 0.2) is 18.2 Å². The zero-order valence-electron chi connectivity index (χ0n) is 15.6. The second kappa shape index (κ2) is 6.98. The molecule has 7 nitrogen and oxygen atoms in total. The molecule has 27 heavy (non-hydrogen) atoms. The summed E-state index contributed by atoms with van der Waals surface area (Å²) in [5.74, 6) is 1.02. The van der Waals surface area contributed by atoms with Crippen molar-refractivity contribution in [2.24, 2.45) is 0 Å². The van der Waals surface area contributed by atoms with Crippen molar-refractivity contribution in [2.45, 2.75) is 50.4 Å². The normalized spacial score (nSPS) is 25.0. The van der Waals surface area contributed by atoms with E-state index in [0.29, 0.717) is 17.9 Å². The molecule has 1 saturated carbocycles. The standard InChI is InChI=1S/C19H26N2O5S/c1-21(15-7-10-27(23,24)13-15)12-18(22)20-14-5-6-16-17(11-14)26-19(25-16)8-3-2-4-9-19/h5-6,11,15H,2-4,7-10,12-13H2,1H3,(H,20,22)/t15-/m0/s1. The minimum absolute atomic E-state index is 0.0938. The molecule has 3 aliphatic rings. The highest BCUT2D eigenvalue weighted by Crippen LogP contribution is 2.46. The number of sulfone groups is 1. The first-order valence-corrected chi connectivity index (χ1v) is 11.4. The SMILES string of the molecule is CN(CC(=O)Nc1ccc2c(c1)OC1(CCCCC1)O2)[C@H]1CCS(=O)(=O)C1. The Labute approximate surface area is 159 Å². The van der Waals surface area contributed by atoms with Gasteiger partial charge in [-0.25, -0.2) is 8.42 Å². The van der Waals surface area contributed by atoms with Crippen LogP contribution in [0.3, 0.4) is 0 Å². The van der Waals surface area contributed by atoms with E-state index in [2.05, 4.69) is 5.32 Å². The molecular formula is C19H26N2O5S. The van der Waals surface area contributed by atoms with E-state index in [-0.39, 0.29) is 30.0 Å². The molecular weight excluding hydrogens is 368 g/mol. The first kappa shape index (κ1) is 18.6. The van der Waals surface area contributed by atoms with Crippen molar-refractivity contribution in [3.63, 3.8) is 0 Å². The molecule has 148 valence electrons. The molecule has 2 fully saturated rings. The summed E-state index contributed by atoms with van der Waals surface area (Å²) >= 11 is 0. The number of nitrogens with zero attached hydrogens (tertiary/aromatic N) is 1. The summed E-state index contributed by atoms with van der Waals surface area (Å²) in [6.07, 6.45) is 5.76. The average molecular weight is 394 g/mol. The van der Waals surface area contributed by atoms with Gasteiger partial charge < -0.3 is 14.8 Å². The van der Waals surface area contributed by atoms with Crippen LogP contribution in [0, 0.1) is 0 Å². The molecule has 0 radical (unpaired) electrons. The van der Waals surface area contributed by atoms with Gasteiger partial charge in [0.15, 0.2) is 21.3 Å². The van der Waals surface area contributed by atoms with Crippen molar-refractivity contribution in [2.75, 3.05) is 30.4 Å². The molecule has 4 rings (SSSR count). The third-order valence-electron chi connectivity index (χ3n) is 5.66. The predicted octanol–water partition coefficient (Wildman–Crippen LogP) is 2.18. The topological polar surface area (TPSA) is 84.9 Å². The van der Waals surface area contributed by atoms with Crippen LogP contribution in [0.4, 0.5) is 5.69 Å². The Hall–Kier alpha value is -1.80. The number of hydrogen-bond acceptors (Lipinski definition) is 6. The predicted molar refractivity (Wildman–Crippen MR) is 102 cm³/mol. The molecule has 1 aromatic rings. The van der Waals surface area contributed by atoms with Gasteiger partial charge in [-0.15, -0.1) is 0 Å². The molecule has 8 heteroatoms. The molecule has 0 bridgehead atoms. The van der Waals surface area contributed by atoms with Crippen LogP contribution in [0.1, 0.15) is 38.5 Å². The van der Waals surface area contributed by atoms with Gasteiger partial charge in [0.05, 0.1) is 18.1 Å². The molecule has 1 atom stereocenters. The summed E-state index contributed by atoms with van der Waals surface area (Å²) in [6.45, 7) is 0.151. The molecule has 0 unspecified atom stereocenters. The first-order valence-electron chi connectivity index (χ1n) is 9.57. The summed E-state index contributed by atoms with van der Waals surface area (Å²) in [5, 5.41) is 2.87. The highest BCUT2D eigenvalue weighted by Gasteiger charge is 2.42. The second-order valence-corrected chi connectivity index (χ2v) is 10.1. The van der Waals surface area contributed by atoms with Crippen molar-refractivity contribution in [1.29, 1.82) is 0 Å². The Morgan fingerprint density at radius 3 is 2.67 bits per heavy atom. The number of likely N-dealkylation sites (N-methyl/N-ethyl adjacent to an activating group) is 1. The Kier molecular flexibility index (Phi) is 4.80. The van der Waals surface area contributed by atoms with Gasteiger partial charge in [0.1, 0.15) is 0 Å². The largest absolute Gasteiger partial charge is 0.448 e. The quantitative estimate of drug-likeness (QED) is 0.843. The van der Waals surface area contributed by atoms with Gasteiger partial charge in [-0.05, 0) is 38.4 Å². The summed E-state index contributed by atoms with van der Waals surface area (Å²) < 4.78 is 35.4. The number of amides is 1. The number of carbonyl (C=O) groups excluding carboxylic acids is 1. The number of hydrogen-bond donors (Lipinski definition) is 1. The van der Waals surface area contributed by atoms with E-state index in [0.717, 1.165) is 31.4 Å². The first-order chi connectivity index (χ1) is 12.8. The van der Waals surface area contributed by atoms with Crippen LogP contribution in [0.2, 0.25) is 0 Å². The summed E-state index contributed by atoms with van der Waals surface area (Å²) in [5.41, 5.74) is 0.655. The summed E-state index contributed by atoms with van der Waals surface area (Å²) in [7, 11) is -1.17. The fraction of sp³-hybridized carbons (Fsp3) is 0.632. The summed E-state index contributed by atoms with van der Waals surface area (Å²) in [4.78, 5) is 14.2. The molecule has 1 aliphatic carbocycles. The van der Waals surface area contributed by atoms with Crippen LogP contribution in [-0.4, -0.2) is 56.2 Å². The second-order valence-electron chi connectivity index (χ2n) is 7.86. The number of ether oxygens (including phenoxy) is 2. The molecule has 1 amide bonds. The molecule has 1 N–H and O–H groups in total. The van der Waals surface area contributed by atoms with Crippen LogP contribution in [-0.2, 0) is 14.6 Å². The minimum atomic E-state index is -2.96. The zero-order chi connectivity index (χ0) is 19.1. The van der Waals surface area contributed by atoms with Crippen LogP contribution in [0.5, 0.6) is 11.5 Å². The fourth-order valence-corrected chi connectivity index (χ4v) is 5.95. The Morgan fingerprint density at radius 2 is 1.96 bits per heavy atom. The van der Waals surface area contributed by atoms with E-state index >= 15 is 0 Å². The fourth-order valence-electron chi connectivity index (χ4n) is 4.15. The van der Waals surface area contributed by atoms with Crippen LogP contribution in [0.25, 0.3) is 0 Å². The molecule has 1 saturated heterocycles. The van der Waals surface area contributed by atoms with Crippen molar-refractivity contribution in [3.8, 4) is 11.5 Å². The van der Waals surface area contributed by atoms with E-state index in [9.17, 15) is 13.2 Å². The zero-order valence-corrected chi connectivity index (χ0v) is 16.4. The third kappa shape index (κ3) is 4.06. The molecule has 0 aromatic heterocycles. The summed E-state index contributed by atoms with van der Waals surface area (Å²) in [6, 6.07) is 5.35. The monoisotopic (exact) mass is 394 g/mol. The van der Waals surface area contributed by atoms with E-state index < -0.39 is 15.6 Å². The van der Waals surface area contributed by atoms with Gasteiger partial charge in [0, 0.05) is 30.6 Å². The lowest BCUT2D eigenvalue weighted by atomic mass is 9.94. The van der Waals surface area contributed by atoms with Gasteiger partial charge >= 0.3 is 0 Å². The Morgan fingerprint density at radius 1 is 1.22 bits per heavy atom. The van der Waals surface area contributed by atoms with E-state index in [1.807, 2.05) is 17.0 Å². The number of nitrogens with one attached hydrogen (secondary N) is 1. The Balaban J connectivity index is 1.35. The van der Waals surface area contributed by atoms with E-state index in [4.69, 9.17) is 9.47 Å². The molecule has 1 spiro atoms. The smallest absolute Gasteiger partial charge is 0.251 e. The maximum atomic E-state index is 12.4. The molecule has 1 aromatic carbocycles. The lowest BCUT2D eigenvalue weighted by molar-refractivity contribution is -0.117. The number of anilines is 1. The Bertz CT molecular complexity index is 833. The van der Waals surface area contributed by atoms with Crippen LogP contribution < -0.4 is 14.8 Å². The lowest BCUT2D eigenvalue weighted by Gasteiger charge is -2.31. The molecule has 2 heterocycles. The average Bonchev–Trinajstić information content (AvgIpc) is 3.14. The maximum Gasteiger partial charge on any atom is 0.251 e. The van der Waals surface area contributed by atoms with Crippen LogP contribution >= 0.6 is 0 Å². The van der Waals surface area contributed by atoms with Crippen molar-refractivity contribution < 1.29 is 22.7 Å². The van der Waals surface area contributed by atoms with Gasteiger partial charge in [-0.2, -0.15) is 0 Å². The van der Waals surface area contributed by atoms with Gasteiger partial charge in [0.2, 0.25) is 5.91 Å². The van der Waals surface area contributed by atoms with Gasteiger partial charge in [0.25, 0.3) is 5.79 Å². The van der Waals surface area contributed by atoms with Crippen molar-refractivity contribution in [3.05, 3.63) is 18.2 Å². The number of fused-ring (bicyclic) bond motifs is 1. The van der Waals surface area contributed by atoms with Gasteiger partial charge in [-0.3, -0.25) is 9.69 Å². The molecule has 2 aliphatic heterocycles. The van der Waals surface area contributed by atoms with Gasteiger partial charge in [-0.1, -0.05) is 6.42 Å². The lowest BCUT2D eigenvalue weighted by Crippen LogP contribution is -2.40. The third-order valence-corrected chi connectivity index (χ3v) is 7.41. The van der Waals surface area contributed by atoms with E-state index in [1.165, 1.54) is 6.42 Å². The van der Waals surface area contributed by atoms with Crippen molar-refractivity contribution in [1.82, 2.24) is 4.90 Å². The minimum Gasteiger partial charge on any atom is -0.448 e. The van der Waals surface area contributed by atoms with Crippen molar-refractivity contribution >= 4 is 21.4 Å². The van der Waals surface area contributed by atoms with E-state index in [1.54, 1.807) is 13.1 Å². The highest BCUT2D eigenvalue weighted by molar-refractivity contribution is 7.91. The highest BCUT2D eigenvalue weighted by atomic mass is 32.2. The number of rotatable bonds is 4.